The minimum Gasteiger partial charge on any atom is -0.382 e. The highest BCUT2D eigenvalue weighted by Gasteiger charge is 2.03. The van der Waals surface area contributed by atoms with Crippen molar-refractivity contribution in [3.8, 4) is 0 Å². The second-order valence-electron chi connectivity index (χ2n) is 4.36. The molecule has 0 atom stereocenters. The molecule has 0 aliphatic carbocycles. The number of nitrogens with one attached hydrogen (secondary N) is 2. The van der Waals surface area contributed by atoms with Gasteiger partial charge >= 0.3 is 0 Å². The third kappa shape index (κ3) is 5.40. The summed E-state index contributed by atoms with van der Waals surface area (Å²) in [6, 6.07) is 1.60. The molecule has 19 heavy (non-hydrogen) atoms. The van der Waals surface area contributed by atoms with E-state index in [1.165, 1.54) is 4.68 Å². The molecule has 1 rings (SSSR count). The molecule has 0 fully saturated rings. The van der Waals surface area contributed by atoms with Crippen LogP contribution in [-0.4, -0.2) is 54.5 Å². The molecule has 0 aliphatic rings. The number of hydrogen-bond donors (Lipinski definition) is 2. The zero-order valence-electron chi connectivity index (χ0n) is 12.1. The van der Waals surface area contributed by atoms with Gasteiger partial charge in [0, 0.05) is 25.7 Å². The summed E-state index contributed by atoms with van der Waals surface area (Å²) in [7, 11) is 1.89. The minimum absolute atomic E-state index is 0.0541. The predicted octanol–water partition coefficient (Wildman–Crippen LogP) is 0.216. The topological polar surface area (TPSA) is 62.2 Å². The lowest BCUT2D eigenvalue weighted by atomic mass is 10.4. The van der Waals surface area contributed by atoms with Gasteiger partial charge in [-0.2, -0.15) is 5.10 Å². The molecule has 1 aromatic heterocycles. The fraction of sp³-hybridized carbons (Fsp3) is 0.692. The Kier molecular flexibility index (Phi) is 7.14. The van der Waals surface area contributed by atoms with Crippen LogP contribution in [0.1, 0.15) is 13.8 Å². The first-order valence-electron chi connectivity index (χ1n) is 6.89. The van der Waals surface area contributed by atoms with E-state index in [2.05, 4.69) is 34.5 Å². The van der Waals surface area contributed by atoms with Crippen molar-refractivity contribution in [2.75, 3.05) is 45.1 Å². The fourth-order valence-electron chi connectivity index (χ4n) is 1.81. The van der Waals surface area contributed by atoms with E-state index in [-0.39, 0.29) is 5.56 Å². The van der Waals surface area contributed by atoms with Crippen molar-refractivity contribution in [2.45, 2.75) is 20.4 Å². The Morgan fingerprint density at radius 3 is 2.63 bits per heavy atom. The van der Waals surface area contributed by atoms with Crippen molar-refractivity contribution in [2.24, 2.45) is 0 Å². The highest BCUT2D eigenvalue weighted by Crippen LogP contribution is 1.98. The van der Waals surface area contributed by atoms with E-state index in [1.807, 2.05) is 7.05 Å². The summed E-state index contributed by atoms with van der Waals surface area (Å²) >= 11 is 0. The highest BCUT2D eigenvalue weighted by molar-refractivity contribution is 5.38. The molecule has 2 N–H and O–H groups in total. The van der Waals surface area contributed by atoms with Gasteiger partial charge in [0.1, 0.15) is 0 Å². The van der Waals surface area contributed by atoms with Gasteiger partial charge in [-0.25, -0.2) is 4.68 Å². The molecular weight excluding hydrogens is 242 g/mol. The van der Waals surface area contributed by atoms with E-state index in [4.69, 9.17) is 0 Å². The molecule has 1 aromatic rings. The SMILES string of the molecule is CCN(CC)CCn1ncc(NCCNC)cc1=O. The lowest BCUT2D eigenvalue weighted by Crippen LogP contribution is -2.32. The monoisotopic (exact) mass is 267 g/mol. The van der Waals surface area contributed by atoms with E-state index in [9.17, 15) is 4.79 Å². The lowest BCUT2D eigenvalue weighted by Gasteiger charge is -2.17. The van der Waals surface area contributed by atoms with E-state index < -0.39 is 0 Å². The Labute approximate surface area is 114 Å². The lowest BCUT2D eigenvalue weighted by molar-refractivity contribution is 0.282. The fourth-order valence-corrected chi connectivity index (χ4v) is 1.81. The van der Waals surface area contributed by atoms with Crippen molar-refractivity contribution >= 4 is 5.69 Å². The molecule has 6 nitrogen and oxygen atoms in total. The van der Waals surface area contributed by atoms with E-state index in [0.29, 0.717) is 6.54 Å². The van der Waals surface area contributed by atoms with Gasteiger partial charge in [0.25, 0.3) is 5.56 Å². The van der Waals surface area contributed by atoms with Crippen molar-refractivity contribution < 1.29 is 0 Å². The molecule has 0 aromatic carbocycles. The summed E-state index contributed by atoms with van der Waals surface area (Å²) in [4.78, 5) is 14.2. The molecule has 0 bridgehead atoms. The van der Waals surface area contributed by atoms with Crippen LogP contribution in [0.3, 0.4) is 0 Å². The summed E-state index contributed by atoms with van der Waals surface area (Å²) in [5.41, 5.74) is 0.723. The van der Waals surface area contributed by atoms with Gasteiger partial charge < -0.3 is 15.5 Å². The van der Waals surface area contributed by atoms with Crippen LogP contribution in [0.25, 0.3) is 0 Å². The largest absolute Gasteiger partial charge is 0.382 e. The number of rotatable bonds is 9. The number of hydrogen-bond acceptors (Lipinski definition) is 5. The maximum absolute atomic E-state index is 11.9. The van der Waals surface area contributed by atoms with Crippen LogP contribution in [-0.2, 0) is 6.54 Å². The molecule has 0 aliphatic heterocycles. The van der Waals surface area contributed by atoms with Crippen LogP contribution in [0.4, 0.5) is 5.69 Å². The molecule has 0 saturated carbocycles. The molecule has 0 spiro atoms. The second kappa shape index (κ2) is 8.66. The molecule has 1 heterocycles. The van der Waals surface area contributed by atoms with Crippen LogP contribution < -0.4 is 16.2 Å². The molecule has 0 amide bonds. The Bertz CT molecular complexity index is 414. The van der Waals surface area contributed by atoms with E-state index in [0.717, 1.165) is 38.4 Å². The normalized spacial score (nSPS) is 10.9. The second-order valence-corrected chi connectivity index (χ2v) is 4.36. The smallest absolute Gasteiger partial charge is 0.268 e. The molecular formula is C13H25N5O. The maximum Gasteiger partial charge on any atom is 0.268 e. The third-order valence-corrected chi connectivity index (χ3v) is 3.10. The Morgan fingerprint density at radius 1 is 1.32 bits per heavy atom. The Morgan fingerprint density at radius 2 is 2.05 bits per heavy atom. The van der Waals surface area contributed by atoms with Crippen molar-refractivity contribution in [1.29, 1.82) is 0 Å². The van der Waals surface area contributed by atoms with Gasteiger partial charge in [0.05, 0.1) is 18.4 Å². The Balaban J connectivity index is 2.54. The summed E-state index contributed by atoms with van der Waals surface area (Å²) in [6.45, 7) is 9.35. The first-order valence-corrected chi connectivity index (χ1v) is 6.89. The highest BCUT2D eigenvalue weighted by atomic mass is 16.1. The average molecular weight is 267 g/mol. The molecule has 0 saturated heterocycles. The number of likely N-dealkylation sites (N-methyl/N-ethyl adjacent to an activating group) is 2. The third-order valence-electron chi connectivity index (χ3n) is 3.10. The minimum atomic E-state index is -0.0541. The summed E-state index contributed by atoms with van der Waals surface area (Å²) in [5, 5.41) is 10.4. The van der Waals surface area contributed by atoms with Crippen molar-refractivity contribution in [3.63, 3.8) is 0 Å². The molecule has 6 heteroatoms. The number of aromatic nitrogens is 2. The molecule has 0 unspecified atom stereocenters. The zero-order valence-corrected chi connectivity index (χ0v) is 12.1. The average Bonchev–Trinajstić information content (AvgIpc) is 2.42. The first kappa shape index (κ1) is 15.7. The van der Waals surface area contributed by atoms with E-state index in [1.54, 1.807) is 12.3 Å². The van der Waals surface area contributed by atoms with Gasteiger partial charge in [0.15, 0.2) is 0 Å². The van der Waals surface area contributed by atoms with Gasteiger partial charge in [-0.05, 0) is 20.1 Å². The quantitative estimate of drug-likeness (QED) is 0.627. The number of anilines is 1. The van der Waals surface area contributed by atoms with Crippen LogP contribution in [0.15, 0.2) is 17.1 Å². The zero-order chi connectivity index (χ0) is 14.1. The van der Waals surface area contributed by atoms with Gasteiger partial charge in [0.2, 0.25) is 0 Å². The van der Waals surface area contributed by atoms with Gasteiger partial charge in [-0.3, -0.25) is 4.79 Å². The van der Waals surface area contributed by atoms with Crippen molar-refractivity contribution in [1.82, 2.24) is 20.0 Å². The summed E-state index contributed by atoms with van der Waals surface area (Å²) < 4.78 is 1.52. The van der Waals surface area contributed by atoms with E-state index >= 15 is 0 Å². The predicted molar refractivity (Wildman–Crippen MR) is 78.7 cm³/mol. The van der Waals surface area contributed by atoms with Crippen LogP contribution in [0, 0.1) is 0 Å². The van der Waals surface area contributed by atoms with Crippen molar-refractivity contribution in [3.05, 3.63) is 22.6 Å². The first-order chi connectivity index (χ1) is 9.21. The maximum atomic E-state index is 11.9. The molecule has 0 radical (unpaired) electrons. The molecule has 108 valence electrons. The van der Waals surface area contributed by atoms with Gasteiger partial charge in [-0.1, -0.05) is 13.8 Å². The van der Waals surface area contributed by atoms with Crippen LogP contribution >= 0.6 is 0 Å². The van der Waals surface area contributed by atoms with Gasteiger partial charge in [-0.15, -0.1) is 0 Å². The standard InChI is InChI=1S/C13H25N5O/c1-4-17(5-2)8-9-18-13(19)10-12(11-16-18)15-7-6-14-3/h10-11,14-15H,4-9H2,1-3H3. The summed E-state index contributed by atoms with van der Waals surface area (Å²) in [6.07, 6.45) is 1.71. The Hall–Kier alpha value is -1.40. The summed E-state index contributed by atoms with van der Waals surface area (Å²) in [5.74, 6) is 0. The van der Waals surface area contributed by atoms with Crippen LogP contribution in [0.2, 0.25) is 0 Å². The number of nitrogens with zero attached hydrogens (tertiary/aromatic N) is 3. The van der Waals surface area contributed by atoms with Crippen LogP contribution in [0.5, 0.6) is 0 Å².